The Morgan fingerprint density at radius 2 is 2.17 bits per heavy atom. The number of benzene rings is 1. The van der Waals surface area contributed by atoms with E-state index in [1.54, 1.807) is 30.1 Å². The first-order valence-electron chi connectivity index (χ1n) is 7.47. The number of aryl methyl sites for hydroxylation is 1. The van der Waals surface area contributed by atoms with Gasteiger partial charge in [0.05, 0.1) is 13.2 Å². The van der Waals surface area contributed by atoms with E-state index in [9.17, 15) is 4.79 Å². The number of carbonyl (C=O) groups excluding carboxylic acids is 1. The third-order valence-corrected chi connectivity index (χ3v) is 3.67. The first kappa shape index (κ1) is 15.8. The number of furan rings is 1. The zero-order valence-electron chi connectivity index (χ0n) is 13.7. The highest BCUT2D eigenvalue weighted by Gasteiger charge is 2.18. The van der Waals surface area contributed by atoms with Crippen molar-refractivity contribution in [1.29, 1.82) is 0 Å². The lowest BCUT2D eigenvalue weighted by Crippen LogP contribution is -2.28. The summed E-state index contributed by atoms with van der Waals surface area (Å²) in [6, 6.07) is 10.6. The molecule has 24 heavy (non-hydrogen) atoms. The van der Waals surface area contributed by atoms with Crippen molar-refractivity contribution in [3.05, 3.63) is 54.3 Å². The van der Waals surface area contributed by atoms with Crippen molar-refractivity contribution in [2.45, 2.75) is 13.0 Å². The molecule has 0 radical (unpaired) electrons. The maximum atomic E-state index is 12.3. The smallest absolute Gasteiger partial charge is 0.287 e. The Morgan fingerprint density at radius 3 is 2.88 bits per heavy atom. The Labute approximate surface area is 139 Å². The van der Waals surface area contributed by atoms with Crippen LogP contribution in [0.4, 0.5) is 0 Å². The first-order valence-corrected chi connectivity index (χ1v) is 7.47. The minimum atomic E-state index is -0.306. The Hall–Kier alpha value is -3.09. The summed E-state index contributed by atoms with van der Waals surface area (Å²) >= 11 is 0. The second kappa shape index (κ2) is 6.57. The molecule has 0 aliphatic rings. The summed E-state index contributed by atoms with van der Waals surface area (Å²) in [5, 5.41) is 10.6. The molecule has 0 fully saturated rings. The van der Waals surface area contributed by atoms with Gasteiger partial charge in [0.1, 0.15) is 17.8 Å². The van der Waals surface area contributed by atoms with Gasteiger partial charge in [0.25, 0.3) is 5.91 Å². The average Bonchev–Trinajstić information content (AvgIpc) is 3.24. The number of carbonyl (C=O) groups is 1. The Bertz CT molecular complexity index is 853. The first-order chi connectivity index (χ1) is 11.6. The predicted molar refractivity (Wildman–Crippen MR) is 87.6 cm³/mol. The molecule has 0 spiro atoms. The summed E-state index contributed by atoms with van der Waals surface area (Å²) < 4.78 is 12.6. The molecule has 3 rings (SSSR count). The molecule has 3 aromatic rings. The van der Waals surface area contributed by atoms with Gasteiger partial charge in [0, 0.05) is 12.6 Å². The third-order valence-electron chi connectivity index (χ3n) is 3.67. The molecule has 1 aromatic carbocycles. The summed E-state index contributed by atoms with van der Waals surface area (Å²) in [4.78, 5) is 12.3. The second-order valence-corrected chi connectivity index (χ2v) is 5.39. The van der Waals surface area contributed by atoms with Gasteiger partial charge in [0.15, 0.2) is 11.6 Å². The van der Waals surface area contributed by atoms with Gasteiger partial charge in [-0.15, -0.1) is 10.2 Å². The molecule has 0 saturated carbocycles. The van der Waals surface area contributed by atoms with E-state index in [1.807, 2.05) is 38.2 Å². The van der Waals surface area contributed by atoms with Crippen LogP contribution in [-0.4, -0.2) is 27.8 Å². The predicted octanol–water partition coefficient (Wildman–Crippen LogP) is 2.57. The maximum absolute atomic E-state index is 12.3. The molecule has 0 saturated heterocycles. The number of ether oxygens (including phenoxy) is 1. The van der Waals surface area contributed by atoms with Crippen LogP contribution in [0.15, 0.2) is 47.1 Å². The molecule has 1 amide bonds. The lowest BCUT2D eigenvalue weighted by atomic mass is 10.2. The van der Waals surface area contributed by atoms with Gasteiger partial charge in [-0.25, -0.2) is 0 Å². The Balaban J connectivity index is 1.75. The van der Waals surface area contributed by atoms with E-state index in [-0.39, 0.29) is 17.7 Å². The van der Waals surface area contributed by atoms with Crippen molar-refractivity contribution in [1.82, 2.24) is 20.1 Å². The highest BCUT2D eigenvalue weighted by molar-refractivity contribution is 5.92. The van der Waals surface area contributed by atoms with Crippen LogP contribution in [0, 0.1) is 0 Å². The molecule has 2 aromatic heterocycles. The van der Waals surface area contributed by atoms with E-state index in [1.165, 1.54) is 0 Å². The molecule has 7 nitrogen and oxygen atoms in total. The van der Waals surface area contributed by atoms with Crippen LogP contribution in [0.3, 0.4) is 0 Å². The SMILES string of the molecule is COc1cccc(-c2ccc(C(=O)N[C@@H](C)c3nncn3C)o2)c1. The van der Waals surface area contributed by atoms with Gasteiger partial charge in [-0.3, -0.25) is 4.79 Å². The fourth-order valence-corrected chi connectivity index (χ4v) is 2.41. The van der Waals surface area contributed by atoms with Crippen LogP contribution in [0.1, 0.15) is 29.3 Å². The topological polar surface area (TPSA) is 82.2 Å². The molecule has 124 valence electrons. The van der Waals surface area contributed by atoms with Crippen LogP contribution < -0.4 is 10.1 Å². The molecule has 0 unspecified atom stereocenters. The van der Waals surface area contributed by atoms with E-state index < -0.39 is 0 Å². The average molecular weight is 326 g/mol. The van der Waals surface area contributed by atoms with Gasteiger partial charge in [-0.2, -0.15) is 0 Å². The largest absolute Gasteiger partial charge is 0.497 e. The molecule has 0 bridgehead atoms. The molecule has 1 atom stereocenters. The summed E-state index contributed by atoms with van der Waals surface area (Å²) in [6.07, 6.45) is 1.59. The molecular weight excluding hydrogens is 308 g/mol. The maximum Gasteiger partial charge on any atom is 0.287 e. The number of methoxy groups -OCH3 is 1. The van der Waals surface area contributed by atoms with Crippen molar-refractivity contribution in [2.24, 2.45) is 7.05 Å². The number of hydrogen-bond acceptors (Lipinski definition) is 5. The van der Waals surface area contributed by atoms with Crippen molar-refractivity contribution >= 4 is 5.91 Å². The van der Waals surface area contributed by atoms with E-state index in [4.69, 9.17) is 9.15 Å². The summed E-state index contributed by atoms with van der Waals surface area (Å²) in [6.45, 7) is 1.84. The van der Waals surface area contributed by atoms with Crippen LogP contribution >= 0.6 is 0 Å². The molecule has 2 heterocycles. The van der Waals surface area contributed by atoms with Gasteiger partial charge in [0.2, 0.25) is 0 Å². The van der Waals surface area contributed by atoms with Crippen LogP contribution in [0.5, 0.6) is 5.75 Å². The molecular formula is C17H18N4O3. The van der Waals surface area contributed by atoms with Crippen LogP contribution in [0.2, 0.25) is 0 Å². The Morgan fingerprint density at radius 1 is 1.33 bits per heavy atom. The monoisotopic (exact) mass is 326 g/mol. The van der Waals surface area contributed by atoms with Gasteiger partial charge in [-0.1, -0.05) is 12.1 Å². The minimum Gasteiger partial charge on any atom is -0.497 e. The third kappa shape index (κ3) is 3.15. The van der Waals surface area contributed by atoms with Gasteiger partial charge < -0.3 is 19.0 Å². The van der Waals surface area contributed by atoms with Gasteiger partial charge in [-0.05, 0) is 31.2 Å². The van der Waals surface area contributed by atoms with Crippen molar-refractivity contribution < 1.29 is 13.9 Å². The lowest BCUT2D eigenvalue weighted by molar-refractivity contribution is 0.0910. The standard InChI is InChI=1S/C17H18N4O3/c1-11(16-20-18-10-21(16)2)19-17(22)15-8-7-14(24-15)12-5-4-6-13(9-12)23-3/h4-11H,1-3H3,(H,19,22)/t11-/m0/s1. The minimum absolute atomic E-state index is 0.238. The van der Waals surface area contributed by atoms with E-state index in [2.05, 4.69) is 15.5 Å². The highest BCUT2D eigenvalue weighted by Crippen LogP contribution is 2.26. The van der Waals surface area contributed by atoms with E-state index in [0.717, 1.165) is 11.3 Å². The molecule has 1 N–H and O–H groups in total. The zero-order chi connectivity index (χ0) is 17.1. The number of hydrogen-bond donors (Lipinski definition) is 1. The fourth-order valence-electron chi connectivity index (χ4n) is 2.41. The van der Waals surface area contributed by atoms with Crippen molar-refractivity contribution in [2.75, 3.05) is 7.11 Å². The van der Waals surface area contributed by atoms with E-state index in [0.29, 0.717) is 11.6 Å². The number of nitrogens with zero attached hydrogens (tertiary/aromatic N) is 3. The summed E-state index contributed by atoms with van der Waals surface area (Å²) in [5.74, 6) is 1.93. The lowest BCUT2D eigenvalue weighted by Gasteiger charge is -2.11. The van der Waals surface area contributed by atoms with Crippen LogP contribution in [0.25, 0.3) is 11.3 Å². The number of rotatable bonds is 5. The second-order valence-electron chi connectivity index (χ2n) is 5.39. The van der Waals surface area contributed by atoms with Crippen molar-refractivity contribution in [3.63, 3.8) is 0 Å². The molecule has 7 heteroatoms. The highest BCUT2D eigenvalue weighted by atomic mass is 16.5. The van der Waals surface area contributed by atoms with Gasteiger partial charge >= 0.3 is 0 Å². The van der Waals surface area contributed by atoms with Crippen molar-refractivity contribution in [3.8, 4) is 17.1 Å². The quantitative estimate of drug-likeness (QED) is 0.779. The summed E-state index contributed by atoms with van der Waals surface area (Å²) in [5.41, 5.74) is 0.842. The Kier molecular flexibility index (Phi) is 4.33. The normalized spacial score (nSPS) is 12.0. The van der Waals surface area contributed by atoms with E-state index >= 15 is 0 Å². The molecule has 0 aliphatic carbocycles. The summed E-state index contributed by atoms with van der Waals surface area (Å²) in [7, 11) is 3.43. The molecule has 0 aliphatic heterocycles. The fraction of sp³-hybridized carbons (Fsp3) is 0.235. The number of amides is 1. The van der Waals surface area contributed by atoms with Crippen LogP contribution in [-0.2, 0) is 7.05 Å². The number of nitrogens with one attached hydrogen (secondary N) is 1. The zero-order valence-corrected chi connectivity index (χ0v) is 13.7. The number of aromatic nitrogens is 3.